The van der Waals surface area contributed by atoms with Crippen molar-refractivity contribution in [2.45, 2.75) is 6.61 Å². The predicted octanol–water partition coefficient (Wildman–Crippen LogP) is 2.35. The maximum absolute atomic E-state index is 9.09. The largest absolute Gasteiger partial charge is 0.497 e. The number of methoxy groups -OCH3 is 1. The van der Waals surface area contributed by atoms with E-state index in [1.807, 2.05) is 48.3 Å². The summed E-state index contributed by atoms with van der Waals surface area (Å²) in [5.74, 6) is 1.62. The number of hydrogen-bond donors (Lipinski definition) is 1. The Morgan fingerprint density at radius 3 is 2.50 bits per heavy atom. The van der Waals surface area contributed by atoms with Crippen molar-refractivity contribution in [3.63, 3.8) is 0 Å². The molecule has 1 heterocycles. The third-order valence-electron chi connectivity index (χ3n) is 2.76. The number of aromatic nitrogens is 1. The Balaban J connectivity index is 2.25. The standard InChI is InChI=1S/C14H16N2O2/c1-16(12-6-8-13(18-2)9-7-12)14-5-3-4-11(10-17)15-14/h3-9,17H,10H2,1-2H3. The molecule has 0 aliphatic rings. The van der Waals surface area contributed by atoms with Crippen LogP contribution in [0, 0.1) is 0 Å². The fraction of sp³-hybridized carbons (Fsp3) is 0.214. The summed E-state index contributed by atoms with van der Waals surface area (Å²) >= 11 is 0. The molecule has 18 heavy (non-hydrogen) atoms. The zero-order valence-corrected chi connectivity index (χ0v) is 10.5. The lowest BCUT2D eigenvalue weighted by Crippen LogP contribution is -2.11. The van der Waals surface area contributed by atoms with Crippen LogP contribution in [0.15, 0.2) is 42.5 Å². The molecule has 0 bridgehead atoms. The van der Waals surface area contributed by atoms with Gasteiger partial charge in [-0.05, 0) is 36.4 Å². The molecule has 4 nitrogen and oxygen atoms in total. The number of ether oxygens (including phenoxy) is 1. The van der Waals surface area contributed by atoms with E-state index in [2.05, 4.69) is 4.98 Å². The van der Waals surface area contributed by atoms with E-state index in [1.165, 1.54) is 0 Å². The van der Waals surface area contributed by atoms with Crippen LogP contribution >= 0.6 is 0 Å². The van der Waals surface area contributed by atoms with Gasteiger partial charge in [-0.15, -0.1) is 0 Å². The highest BCUT2D eigenvalue weighted by Crippen LogP contribution is 2.24. The number of benzene rings is 1. The van der Waals surface area contributed by atoms with Crippen LogP contribution in [0.3, 0.4) is 0 Å². The van der Waals surface area contributed by atoms with Gasteiger partial charge in [0.25, 0.3) is 0 Å². The van der Waals surface area contributed by atoms with Crippen LogP contribution in [-0.2, 0) is 6.61 Å². The molecule has 1 aromatic heterocycles. The van der Waals surface area contributed by atoms with Gasteiger partial charge in [-0.2, -0.15) is 0 Å². The minimum atomic E-state index is -0.0513. The number of hydrogen-bond acceptors (Lipinski definition) is 4. The smallest absolute Gasteiger partial charge is 0.133 e. The Morgan fingerprint density at radius 1 is 1.17 bits per heavy atom. The number of rotatable bonds is 4. The van der Waals surface area contributed by atoms with Gasteiger partial charge in [0.15, 0.2) is 0 Å². The highest BCUT2D eigenvalue weighted by atomic mass is 16.5. The number of aliphatic hydroxyl groups excluding tert-OH is 1. The first kappa shape index (κ1) is 12.4. The number of aliphatic hydroxyl groups is 1. The monoisotopic (exact) mass is 244 g/mol. The van der Waals surface area contributed by atoms with E-state index in [0.717, 1.165) is 17.3 Å². The van der Waals surface area contributed by atoms with Crippen LogP contribution in [0.25, 0.3) is 0 Å². The van der Waals surface area contributed by atoms with Crippen LogP contribution in [0.4, 0.5) is 11.5 Å². The molecule has 0 saturated carbocycles. The summed E-state index contributed by atoms with van der Waals surface area (Å²) in [6, 6.07) is 13.3. The molecule has 0 unspecified atom stereocenters. The van der Waals surface area contributed by atoms with Crippen LogP contribution < -0.4 is 9.64 Å². The van der Waals surface area contributed by atoms with Crippen LogP contribution in [0.5, 0.6) is 5.75 Å². The lowest BCUT2D eigenvalue weighted by Gasteiger charge is -2.19. The lowest BCUT2D eigenvalue weighted by molar-refractivity contribution is 0.277. The molecule has 2 aromatic rings. The van der Waals surface area contributed by atoms with Crippen LogP contribution in [-0.4, -0.2) is 24.2 Å². The van der Waals surface area contributed by atoms with Crippen molar-refractivity contribution < 1.29 is 9.84 Å². The third-order valence-corrected chi connectivity index (χ3v) is 2.76. The molecule has 4 heteroatoms. The lowest BCUT2D eigenvalue weighted by atomic mass is 10.2. The summed E-state index contributed by atoms with van der Waals surface area (Å²) < 4.78 is 5.12. The Hall–Kier alpha value is -2.07. The van der Waals surface area contributed by atoms with E-state index < -0.39 is 0 Å². The van der Waals surface area contributed by atoms with Crippen LogP contribution in [0.2, 0.25) is 0 Å². The second kappa shape index (κ2) is 5.51. The molecule has 1 N–H and O–H groups in total. The average molecular weight is 244 g/mol. The summed E-state index contributed by atoms with van der Waals surface area (Å²) in [5.41, 5.74) is 1.67. The maximum atomic E-state index is 9.09. The Kier molecular flexibility index (Phi) is 3.79. The summed E-state index contributed by atoms with van der Waals surface area (Å²) in [6.45, 7) is -0.0513. The normalized spacial score (nSPS) is 10.2. The molecule has 0 aliphatic heterocycles. The second-order valence-corrected chi connectivity index (χ2v) is 3.90. The first-order valence-corrected chi connectivity index (χ1v) is 5.69. The van der Waals surface area contributed by atoms with E-state index in [4.69, 9.17) is 9.84 Å². The Bertz CT molecular complexity index is 511. The molecule has 0 fully saturated rings. The number of nitrogens with zero attached hydrogens (tertiary/aromatic N) is 2. The van der Waals surface area contributed by atoms with Crippen molar-refractivity contribution >= 4 is 11.5 Å². The van der Waals surface area contributed by atoms with Crippen LogP contribution in [0.1, 0.15) is 5.69 Å². The first-order valence-electron chi connectivity index (χ1n) is 5.69. The van der Waals surface area contributed by atoms with Crippen molar-refractivity contribution in [2.75, 3.05) is 19.1 Å². The Labute approximate surface area is 106 Å². The van der Waals surface area contributed by atoms with E-state index in [1.54, 1.807) is 13.2 Å². The van der Waals surface area contributed by atoms with Gasteiger partial charge < -0.3 is 14.7 Å². The van der Waals surface area contributed by atoms with Gasteiger partial charge in [0.05, 0.1) is 19.4 Å². The summed E-state index contributed by atoms with van der Waals surface area (Å²) in [6.07, 6.45) is 0. The molecular formula is C14H16N2O2. The van der Waals surface area contributed by atoms with Crippen molar-refractivity contribution in [3.05, 3.63) is 48.2 Å². The van der Waals surface area contributed by atoms with Crippen molar-refractivity contribution in [3.8, 4) is 5.75 Å². The molecule has 1 aromatic carbocycles. The van der Waals surface area contributed by atoms with E-state index in [9.17, 15) is 0 Å². The average Bonchev–Trinajstić information content (AvgIpc) is 2.46. The fourth-order valence-electron chi connectivity index (χ4n) is 1.68. The van der Waals surface area contributed by atoms with E-state index in [0.29, 0.717) is 5.69 Å². The van der Waals surface area contributed by atoms with Crippen molar-refractivity contribution in [1.29, 1.82) is 0 Å². The highest BCUT2D eigenvalue weighted by molar-refractivity contribution is 5.59. The minimum absolute atomic E-state index is 0.0513. The van der Waals surface area contributed by atoms with E-state index >= 15 is 0 Å². The SMILES string of the molecule is COc1ccc(N(C)c2cccc(CO)n2)cc1. The Morgan fingerprint density at radius 2 is 1.89 bits per heavy atom. The molecule has 0 radical (unpaired) electrons. The zero-order valence-electron chi connectivity index (χ0n) is 10.5. The van der Waals surface area contributed by atoms with Gasteiger partial charge >= 0.3 is 0 Å². The molecule has 0 amide bonds. The quantitative estimate of drug-likeness (QED) is 0.896. The molecule has 0 saturated heterocycles. The van der Waals surface area contributed by atoms with Crippen molar-refractivity contribution in [1.82, 2.24) is 4.98 Å². The fourth-order valence-corrected chi connectivity index (χ4v) is 1.68. The van der Waals surface area contributed by atoms with Gasteiger partial charge in [-0.1, -0.05) is 6.07 Å². The molecule has 0 spiro atoms. The molecule has 2 rings (SSSR count). The molecular weight excluding hydrogens is 228 g/mol. The molecule has 0 aliphatic carbocycles. The second-order valence-electron chi connectivity index (χ2n) is 3.90. The third kappa shape index (κ3) is 2.60. The van der Waals surface area contributed by atoms with Crippen molar-refractivity contribution in [2.24, 2.45) is 0 Å². The van der Waals surface area contributed by atoms with E-state index in [-0.39, 0.29) is 6.61 Å². The maximum Gasteiger partial charge on any atom is 0.133 e. The predicted molar refractivity (Wildman–Crippen MR) is 71.2 cm³/mol. The summed E-state index contributed by atoms with van der Waals surface area (Å²) in [7, 11) is 3.58. The van der Waals surface area contributed by atoms with Gasteiger partial charge in [0.2, 0.25) is 0 Å². The zero-order chi connectivity index (χ0) is 13.0. The number of pyridine rings is 1. The minimum Gasteiger partial charge on any atom is -0.497 e. The topological polar surface area (TPSA) is 45.6 Å². The summed E-state index contributed by atoms with van der Waals surface area (Å²) in [5, 5.41) is 9.09. The number of anilines is 2. The molecule has 0 atom stereocenters. The van der Waals surface area contributed by atoms with Gasteiger partial charge in [0.1, 0.15) is 11.6 Å². The van der Waals surface area contributed by atoms with Gasteiger partial charge in [0, 0.05) is 12.7 Å². The summed E-state index contributed by atoms with van der Waals surface area (Å²) in [4.78, 5) is 6.31. The first-order chi connectivity index (χ1) is 8.74. The highest BCUT2D eigenvalue weighted by Gasteiger charge is 2.06. The van der Waals surface area contributed by atoms with Gasteiger partial charge in [-0.25, -0.2) is 4.98 Å². The van der Waals surface area contributed by atoms with Gasteiger partial charge in [-0.3, -0.25) is 0 Å². The molecule has 94 valence electrons.